The molecule has 0 aliphatic carbocycles. The zero-order valence-corrected chi connectivity index (χ0v) is 22.1. The number of halogens is 3. The summed E-state index contributed by atoms with van der Waals surface area (Å²) < 4.78 is 49.6. The maximum absolute atomic E-state index is 13.6. The Hall–Kier alpha value is -4.42. The van der Waals surface area contributed by atoms with E-state index in [1.165, 1.54) is 59.4 Å². The molecule has 1 amide bonds. The summed E-state index contributed by atoms with van der Waals surface area (Å²) in [4.78, 5) is 41.9. The number of nitrogens with zero attached hydrogens (tertiary/aromatic N) is 5. The lowest BCUT2D eigenvalue weighted by Crippen LogP contribution is -2.39. The Morgan fingerprint density at radius 2 is 1.80 bits per heavy atom. The first-order valence-electron chi connectivity index (χ1n) is 12.9. The fraction of sp³-hybridized carbons (Fsp3) is 0.276. The van der Waals surface area contributed by atoms with Crippen molar-refractivity contribution in [2.45, 2.75) is 20.1 Å². The standard InChI is InChI=1S/C29H26F3N5O4/c1-18(19-2-4-22(30)5-3-19)35-27(38)24-15-20-14-21(25-7-6-23(17-33-25)41-29(31)32)16-34-26(20)37(28(24)39)9-8-36-10-12-40-13-11-36/h2-7,14-17,29H,8-13H2,1H3/b35-18+. The Labute approximate surface area is 232 Å². The van der Waals surface area contributed by atoms with Gasteiger partial charge in [-0.3, -0.25) is 24.0 Å². The zero-order valence-electron chi connectivity index (χ0n) is 22.1. The Kier molecular flexibility index (Phi) is 8.50. The quantitative estimate of drug-likeness (QED) is 0.296. The first kappa shape index (κ1) is 28.1. The van der Waals surface area contributed by atoms with Crippen molar-refractivity contribution in [2.75, 3.05) is 32.8 Å². The molecule has 41 heavy (non-hydrogen) atoms. The van der Waals surface area contributed by atoms with Crippen LogP contribution in [0.4, 0.5) is 13.2 Å². The summed E-state index contributed by atoms with van der Waals surface area (Å²) in [6.07, 6.45) is 2.71. The average Bonchev–Trinajstić information content (AvgIpc) is 2.97. The Morgan fingerprint density at radius 1 is 1.05 bits per heavy atom. The number of benzene rings is 1. The van der Waals surface area contributed by atoms with E-state index in [1.807, 2.05) is 0 Å². The van der Waals surface area contributed by atoms with Crippen molar-refractivity contribution in [3.05, 3.63) is 88.2 Å². The second kappa shape index (κ2) is 12.4. The van der Waals surface area contributed by atoms with Gasteiger partial charge in [0.15, 0.2) is 0 Å². The summed E-state index contributed by atoms with van der Waals surface area (Å²) in [6, 6.07) is 11.6. The van der Waals surface area contributed by atoms with Crippen LogP contribution < -0.4 is 10.3 Å². The fourth-order valence-corrected chi connectivity index (χ4v) is 4.52. The SMILES string of the molecule is C/C(=N\C(=O)c1cc2cc(-c3ccc(OC(F)F)cn3)cnc2n(CCN2CCOCC2)c1=O)c1ccc(F)cc1. The molecule has 1 aromatic carbocycles. The van der Waals surface area contributed by atoms with Crippen LogP contribution in [0.5, 0.6) is 5.75 Å². The fourth-order valence-electron chi connectivity index (χ4n) is 4.52. The third-order valence-corrected chi connectivity index (χ3v) is 6.69. The van der Waals surface area contributed by atoms with Gasteiger partial charge in [0.05, 0.1) is 25.1 Å². The molecule has 0 saturated carbocycles. The molecular weight excluding hydrogens is 539 g/mol. The normalized spacial score (nSPS) is 14.5. The van der Waals surface area contributed by atoms with Gasteiger partial charge in [0.25, 0.3) is 11.5 Å². The summed E-state index contributed by atoms with van der Waals surface area (Å²) in [6.45, 7) is 2.11. The number of hydrogen-bond acceptors (Lipinski definition) is 7. The van der Waals surface area contributed by atoms with Gasteiger partial charge < -0.3 is 9.47 Å². The largest absolute Gasteiger partial charge is 0.433 e. The van der Waals surface area contributed by atoms with Crippen molar-refractivity contribution >= 4 is 22.7 Å². The van der Waals surface area contributed by atoms with Crippen molar-refractivity contribution in [2.24, 2.45) is 4.99 Å². The summed E-state index contributed by atoms with van der Waals surface area (Å²) in [7, 11) is 0. The molecule has 0 atom stereocenters. The molecule has 4 heterocycles. The minimum atomic E-state index is -2.97. The molecule has 0 N–H and O–H groups in total. The van der Waals surface area contributed by atoms with Gasteiger partial charge >= 0.3 is 6.61 Å². The summed E-state index contributed by atoms with van der Waals surface area (Å²) in [5, 5.41) is 0.497. The number of aliphatic imine (C=N–C) groups is 1. The van der Waals surface area contributed by atoms with Crippen LogP contribution >= 0.6 is 0 Å². The number of pyridine rings is 3. The Balaban J connectivity index is 1.54. The number of amides is 1. The minimum absolute atomic E-state index is 0.0864. The molecule has 1 aliphatic heterocycles. The van der Waals surface area contributed by atoms with E-state index in [4.69, 9.17) is 4.74 Å². The number of ether oxygens (including phenoxy) is 2. The molecule has 12 heteroatoms. The van der Waals surface area contributed by atoms with Gasteiger partial charge in [-0.05, 0) is 48.9 Å². The molecule has 4 aromatic rings. The molecule has 0 unspecified atom stereocenters. The molecule has 5 rings (SSSR count). The molecule has 3 aromatic heterocycles. The molecule has 9 nitrogen and oxygen atoms in total. The number of fused-ring (bicyclic) bond motifs is 1. The number of morpholine rings is 1. The Bertz CT molecular complexity index is 1630. The molecule has 0 radical (unpaired) electrons. The second-order valence-corrected chi connectivity index (χ2v) is 9.37. The van der Waals surface area contributed by atoms with Gasteiger partial charge in [-0.2, -0.15) is 8.78 Å². The molecule has 1 saturated heterocycles. The number of carbonyl (C=O) groups excluding carboxylic acids is 1. The lowest BCUT2D eigenvalue weighted by atomic mass is 10.1. The highest BCUT2D eigenvalue weighted by molar-refractivity contribution is 6.10. The van der Waals surface area contributed by atoms with Crippen LogP contribution in [0.15, 0.2) is 70.7 Å². The second-order valence-electron chi connectivity index (χ2n) is 9.37. The average molecular weight is 566 g/mol. The van der Waals surface area contributed by atoms with Gasteiger partial charge in [0, 0.05) is 49.0 Å². The van der Waals surface area contributed by atoms with Crippen molar-refractivity contribution in [1.82, 2.24) is 19.4 Å². The zero-order chi connectivity index (χ0) is 28.9. The van der Waals surface area contributed by atoms with Gasteiger partial charge in [-0.25, -0.2) is 14.4 Å². The third kappa shape index (κ3) is 6.67. The lowest BCUT2D eigenvalue weighted by Gasteiger charge is -2.26. The highest BCUT2D eigenvalue weighted by Gasteiger charge is 2.19. The van der Waals surface area contributed by atoms with Crippen LogP contribution in [0.2, 0.25) is 0 Å². The predicted octanol–water partition coefficient (Wildman–Crippen LogP) is 4.18. The molecular formula is C29H26F3N5O4. The first-order chi connectivity index (χ1) is 19.8. The van der Waals surface area contributed by atoms with Crippen LogP contribution in [0.3, 0.4) is 0 Å². The first-order valence-corrected chi connectivity index (χ1v) is 12.9. The maximum atomic E-state index is 13.6. The van der Waals surface area contributed by atoms with Gasteiger partial charge in [0.2, 0.25) is 0 Å². The molecule has 1 fully saturated rings. The maximum Gasteiger partial charge on any atom is 0.387 e. The number of rotatable bonds is 8. The summed E-state index contributed by atoms with van der Waals surface area (Å²) in [5.41, 5.74) is 1.56. The van der Waals surface area contributed by atoms with Crippen LogP contribution in [0.1, 0.15) is 22.8 Å². The number of carbonyl (C=O) groups is 1. The monoisotopic (exact) mass is 565 g/mol. The summed E-state index contributed by atoms with van der Waals surface area (Å²) in [5.74, 6) is -1.24. The van der Waals surface area contributed by atoms with E-state index in [9.17, 15) is 22.8 Å². The van der Waals surface area contributed by atoms with E-state index in [0.29, 0.717) is 53.3 Å². The van der Waals surface area contributed by atoms with Crippen LogP contribution in [0.25, 0.3) is 22.3 Å². The van der Waals surface area contributed by atoms with E-state index >= 15 is 0 Å². The van der Waals surface area contributed by atoms with Crippen molar-refractivity contribution in [3.63, 3.8) is 0 Å². The van der Waals surface area contributed by atoms with Gasteiger partial charge in [-0.1, -0.05) is 12.1 Å². The Morgan fingerprint density at radius 3 is 2.49 bits per heavy atom. The number of hydrogen-bond donors (Lipinski definition) is 0. The molecule has 212 valence electrons. The van der Waals surface area contributed by atoms with Gasteiger partial charge in [-0.15, -0.1) is 0 Å². The smallest absolute Gasteiger partial charge is 0.387 e. The number of aromatic nitrogens is 3. The predicted molar refractivity (Wildman–Crippen MR) is 146 cm³/mol. The topological polar surface area (TPSA) is 98.9 Å². The summed E-state index contributed by atoms with van der Waals surface area (Å²) >= 11 is 0. The minimum Gasteiger partial charge on any atom is -0.433 e. The van der Waals surface area contributed by atoms with Crippen LogP contribution in [-0.4, -0.2) is 70.5 Å². The molecule has 0 bridgehead atoms. The van der Waals surface area contributed by atoms with Crippen LogP contribution in [0, 0.1) is 5.82 Å². The van der Waals surface area contributed by atoms with E-state index in [2.05, 4.69) is 24.6 Å². The van der Waals surface area contributed by atoms with E-state index in [0.717, 1.165) is 13.1 Å². The third-order valence-electron chi connectivity index (χ3n) is 6.69. The highest BCUT2D eigenvalue weighted by atomic mass is 19.3. The van der Waals surface area contributed by atoms with Gasteiger partial charge in [0.1, 0.15) is 22.8 Å². The van der Waals surface area contributed by atoms with E-state index < -0.39 is 23.9 Å². The van der Waals surface area contributed by atoms with Crippen molar-refractivity contribution in [1.29, 1.82) is 0 Å². The highest BCUT2D eigenvalue weighted by Crippen LogP contribution is 2.24. The van der Waals surface area contributed by atoms with Crippen molar-refractivity contribution < 1.29 is 27.4 Å². The van der Waals surface area contributed by atoms with E-state index in [-0.39, 0.29) is 17.9 Å². The number of alkyl halides is 2. The van der Waals surface area contributed by atoms with E-state index in [1.54, 1.807) is 13.0 Å². The molecule has 1 aliphatic rings. The molecule has 0 spiro atoms. The lowest BCUT2D eigenvalue weighted by molar-refractivity contribution is -0.0500. The van der Waals surface area contributed by atoms with Crippen LogP contribution in [-0.2, 0) is 11.3 Å². The van der Waals surface area contributed by atoms with Crippen molar-refractivity contribution in [3.8, 4) is 17.0 Å².